The van der Waals surface area contributed by atoms with E-state index in [1.54, 1.807) is 18.2 Å². The van der Waals surface area contributed by atoms with Crippen LogP contribution in [0.4, 0.5) is 0 Å². The standard InChI is InChI=1S/C14H12O3/c1-9(15)11-3-4-13-8-14(17-10(2)16)6-5-12(13)7-11/h3-8H,1-2H3. The smallest absolute Gasteiger partial charge is 0.308 e. The average Bonchev–Trinajstić information content (AvgIpc) is 2.27. The van der Waals surface area contributed by atoms with Gasteiger partial charge in [-0.1, -0.05) is 18.2 Å². The van der Waals surface area contributed by atoms with Crippen LogP contribution in [0.25, 0.3) is 10.8 Å². The molecule has 0 N–H and O–H groups in total. The molecule has 0 fully saturated rings. The minimum Gasteiger partial charge on any atom is -0.427 e. The van der Waals surface area contributed by atoms with E-state index in [9.17, 15) is 9.59 Å². The molecule has 2 aromatic rings. The Morgan fingerprint density at radius 3 is 2.24 bits per heavy atom. The molecule has 0 aliphatic carbocycles. The van der Waals surface area contributed by atoms with Gasteiger partial charge in [0.05, 0.1) is 0 Å². The van der Waals surface area contributed by atoms with Crippen LogP contribution in [0.2, 0.25) is 0 Å². The fourth-order valence-corrected chi connectivity index (χ4v) is 1.67. The van der Waals surface area contributed by atoms with E-state index in [0.717, 1.165) is 10.8 Å². The van der Waals surface area contributed by atoms with Gasteiger partial charge in [-0.25, -0.2) is 0 Å². The summed E-state index contributed by atoms with van der Waals surface area (Å²) in [5.41, 5.74) is 0.678. The molecule has 2 rings (SSSR count). The highest BCUT2D eigenvalue weighted by molar-refractivity contribution is 5.98. The van der Waals surface area contributed by atoms with E-state index in [2.05, 4.69) is 0 Å². The lowest BCUT2D eigenvalue weighted by Gasteiger charge is -2.04. The van der Waals surface area contributed by atoms with E-state index < -0.39 is 0 Å². The Hall–Kier alpha value is -2.16. The minimum atomic E-state index is -0.343. The summed E-state index contributed by atoms with van der Waals surface area (Å²) in [7, 11) is 0. The van der Waals surface area contributed by atoms with Crippen LogP contribution in [0, 0.1) is 0 Å². The first-order chi connectivity index (χ1) is 8.06. The van der Waals surface area contributed by atoms with Crippen LogP contribution in [0.3, 0.4) is 0 Å². The van der Waals surface area contributed by atoms with E-state index in [0.29, 0.717) is 11.3 Å². The Morgan fingerprint density at radius 2 is 1.59 bits per heavy atom. The van der Waals surface area contributed by atoms with Crippen molar-refractivity contribution in [2.75, 3.05) is 0 Å². The highest BCUT2D eigenvalue weighted by atomic mass is 16.5. The number of ketones is 1. The van der Waals surface area contributed by atoms with Crippen LogP contribution >= 0.6 is 0 Å². The topological polar surface area (TPSA) is 43.4 Å². The second-order valence-corrected chi connectivity index (χ2v) is 3.87. The molecule has 3 nitrogen and oxygen atoms in total. The van der Waals surface area contributed by atoms with Gasteiger partial charge in [-0.15, -0.1) is 0 Å². The maximum Gasteiger partial charge on any atom is 0.308 e. The zero-order valence-electron chi connectivity index (χ0n) is 9.69. The highest BCUT2D eigenvalue weighted by Gasteiger charge is 2.03. The van der Waals surface area contributed by atoms with Crippen LogP contribution in [0.1, 0.15) is 24.2 Å². The molecule has 3 heteroatoms. The second kappa shape index (κ2) is 4.37. The predicted octanol–water partition coefficient (Wildman–Crippen LogP) is 2.97. The van der Waals surface area contributed by atoms with Gasteiger partial charge in [-0.2, -0.15) is 0 Å². The quantitative estimate of drug-likeness (QED) is 0.451. The van der Waals surface area contributed by atoms with Gasteiger partial charge in [0.1, 0.15) is 5.75 Å². The van der Waals surface area contributed by atoms with Crippen molar-refractivity contribution in [3.05, 3.63) is 42.0 Å². The third-order valence-electron chi connectivity index (χ3n) is 2.48. The van der Waals surface area contributed by atoms with Gasteiger partial charge in [-0.3, -0.25) is 9.59 Å². The normalized spacial score (nSPS) is 10.2. The molecule has 0 heterocycles. The fourth-order valence-electron chi connectivity index (χ4n) is 1.67. The number of Topliss-reactive ketones (excluding diaryl/α,β-unsaturated/α-hetero) is 1. The summed E-state index contributed by atoms with van der Waals surface area (Å²) >= 11 is 0. The molecular weight excluding hydrogens is 216 g/mol. The molecule has 0 unspecified atom stereocenters. The number of ether oxygens (including phenoxy) is 1. The Morgan fingerprint density at radius 1 is 0.941 bits per heavy atom. The largest absolute Gasteiger partial charge is 0.427 e. The van der Waals surface area contributed by atoms with E-state index in [1.807, 2.05) is 18.2 Å². The highest BCUT2D eigenvalue weighted by Crippen LogP contribution is 2.22. The maximum atomic E-state index is 11.2. The van der Waals surface area contributed by atoms with Gasteiger partial charge in [0.25, 0.3) is 0 Å². The summed E-state index contributed by atoms with van der Waals surface area (Å²) in [5, 5.41) is 1.89. The number of esters is 1. The molecule has 0 aliphatic rings. The summed E-state index contributed by atoms with van der Waals surface area (Å²) in [6, 6.07) is 10.8. The molecule has 0 aliphatic heterocycles. The van der Waals surface area contributed by atoms with Gasteiger partial charge < -0.3 is 4.74 Å². The number of carbonyl (C=O) groups is 2. The molecule has 0 atom stereocenters. The molecule has 0 aromatic heterocycles. The van der Waals surface area contributed by atoms with E-state index in [1.165, 1.54) is 13.8 Å². The van der Waals surface area contributed by atoms with E-state index in [-0.39, 0.29) is 11.8 Å². The predicted molar refractivity (Wildman–Crippen MR) is 65.3 cm³/mol. The SMILES string of the molecule is CC(=O)Oc1ccc2cc(C(C)=O)ccc2c1. The van der Waals surface area contributed by atoms with Gasteiger partial charge in [0.2, 0.25) is 0 Å². The summed E-state index contributed by atoms with van der Waals surface area (Å²) in [5.74, 6) is 0.209. The van der Waals surface area contributed by atoms with Crippen molar-refractivity contribution in [2.45, 2.75) is 13.8 Å². The first kappa shape index (κ1) is 11.3. The van der Waals surface area contributed by atoms with Crippen molar-refractivity contribution >= 4 is 22.5 Å². The number of hydrogen-bond acceptors (Lipinski definition) is 3. The molecule has 0 amide bonds. The number of rotatable bonds is 2. The molecule has 0 saturated carbocycles. The third-order valence-corrected chi connectivity index (χ3v) is 2.48. The van der Waals surface area contributed by atoms with Gasteiger partial charge in [0.15, 0.2) is 5.78 Å². The van der Waals surface area contributed by atoms with Crippen LogP contribution in [-0.2, 0) is 4.79 Å². The maximum absolute atomic E-state index is 11.2. The lowest BCUT2D eigenvalue weighted by Crippen LogP contribution is -2.01. The summed E-state index contributed by atoms with van der Waals surface area (Å²) in [4.78, 5) is 22.1. The molecule has 0 bridgehead atoms. The van der Waals surface area contributed by atoms with E-state index in [4.69, 9.17) is 4.74 Å². The Kier molecular flexibility index (Phi) is 2.91. The lowest BCUT2D eigenvalue weighted by molar-refractivity contribution is -0.131. The fraction of sp³-hybridized carbons (Fsp3) is 0.143. The molecule has 0 spiro atoms. The first-order valence-corrected chi connectivity index (χ1v) is 5.29. The van der Waals surface area contributed by atoms with Gasteiger partial charge in [0, 0.05) is 12.5 Å². The molecule has 0 radical (unpaired) electrons. The number of fused-ring (bicyclic) bond motifs is 1. The Bertz CT molecular complexity index is 599. The van der Waals surface area contributed by atoms with Crippen molar-refractivity contribution in [2.24, 2.45) is 0 Å². The molecule has 2 aromatic carbocycles. The van der Waals surface area contributed by atoms with Crippen molar-refractivity contribution in [1.29, 1.82) is 0 Å². The van der Waals surface area contributed by atoms with Crippen LogP contribution in [-0.4, -0.2) is 11.8 Å². The van der Waals surface area contributed by atoms with Gasteiger partial charge in [-0.05, 0) is 35.9 Å². The molecule has 17 heavy (non-hydrogen) atoms. The summed E-state index contributed by atoms with van der Waals surface area (Å²) < 4.78 is 4.99. The first-order valence-electron chi connectivity index (χ1n) is 5.29. The van der Waals surface area contributed by atoms with Crippen LogP contribution in [0.15, 0.2) is 36.4 Å². The summed E-state index contributed by atoms with van der Waals surface area (Å²) in [6.07, 6.45) is 0. The minimum absolute atomic E-state index is 0.0379. The van der Waals surface area contributed by atoms with Gasteiger partial charge >= 0.3 is 5.97 Å². The third kappa shape index (κ3) is 2.50. The number of hydrogen-bond donors (Lipinski definition) is 0. The zero-order chi connectivity index (χ0) is 12.4. The van der Waals surface area contributed by atoms with Crippen molar-refractivity contribution in [3.8, 4) is 5.75 Å². The second-order valence-electron chi connectivity index (χ2n) is 3.87. The lowest BCUT2D eigenvalue weighted by atomic mass is 10.0. The van der Waals surface area contributed by atoms with Crippen molar-refractivity contribution < 1.29 is 14.3 Å². The average molecular weight is 228 g/mol. The number of benzene rings is 2. The Labute approximate surface area is 99.0 Å². The van der Waals surface area contributed by atoms with Crippen LogP contribution < -0.4 is 4.74 Å². The van der Waals surface area contributed by atoms with Crippen molar-refractivity contribution in [1.82, 2.24) is 0 Å². The van der Waals surface area contributed by atoms with E-state index >= 15 is 0 Å². The molecule has 0 saturated heterocycles. The number of carbonyl (C=O) groups excluding carboxylic acids is 2. The van der Waals surface area contributed by atoms with Crippen LogP contribution in [0.5, 0.6) is 5.75 Å². The monoisotopic (exact) mass is 228 g/mol. The summed E-state index contributed by atoms with van der Waals surface area (Å²) in [6.45, 7) is 2.90. The Balaban J connectivity index is 2.46. The van der Waals surface area contributed by atoms with Crippen molar-refractivity contribution in [3.63, 3.8) is 0 Å². The molecular formula is C14H12O3. The molecule has 86 valence electrons. The zero-order valence-corrected chi connectivity index (χ0v) is 9.69.